The van der Waals surface area contributed by atoms with Crippen molar-refractivity contribution in [3.05, 3.63) is 47.3 Å². The largest absolute Gasteiger partial charge is 0.298 e. The first-order valence-electron chi connectivity index (χ1n) is 5.74. The van der Waals surface area contributed by atoms with Gasteiger partial charge < -0.3 is 0 Å². The Morgan fingerprint density at radius 1 is 1.29 bits per heavy atom. The molecule has 17 heavy (non-hydrogen) atoms. The van der Waals surface area contributed by atoms with Gasteiger partial charge in [0.05, 0.1) is 16.9 Å². The summed E-state index contributed by atoms with van der Waals surface area (Å²) >= 11 is 0. The number of benzene rings is 1. The van der Waals surface area contributed by atoms with Crippen molar-refractivity contribution in [1.82, 2.24) is 9.78 Å². The lowest BCUT2D eigenvalue weighted by Gasteiger charge is -2.05. The fourth-order valence-corrected chi connectivity index (χ4v) is 1.88. The van der Waals surface area contributed by atoms with Crippen molar-refractivity contribution in [1.29, 1.82) is 0 Å². The molecule has 0 fully saturated rings. The van der Waals surface area contributed by atoms with E-state index in [1.807, 2.05) is 45.0 Å². The minimum Gasteiger partial charge on any atom is -0.298 e. The number of nitrogens with zero attached hydrogens (tertiary/aromatic N) is 2. The maximum Gasteiger partial charge on any atom is 0.153 e. The minimum atomic E-state index is 0.250. The molecular weight excluding hydrogens is 212 g/mol. The molecule has 1 aromatic carbocycles. The van der Waals surface area contributed by atoms with E-state index in [2.05, 4.69) is 5.10 Å². The van der Waals surface area contributed by atoms with Crippen molar-refractivity contribution in [2.45, 2.75) is 26.7 Å². The Morgan fingerprint density at radius 3 is 2.53 bits per heavy atom. The molecule has 0 aliphatic rings. The fourth-order valence-electron chi connectivity index (χ4n) is 1.88. The Labute approximate surface area is 101 Å². The lowest BCUT2D eigenvalue weighted by atomic mass is 10.1. The summed E-state index contributed by atoms with van der Waals surface area (Å²) in [5.74, 6) is 0.250. The number of hydrogen-bond acceptors (Lipinski definition) is 2. The van der Waals surface area contributed by atoms with Crippen molar-refractivity contribution in [2.75, 3.05) is 0 Å². The predicted molar refractivity (Wildman–Crippen MR) is 67.8 cm³/mol. The second-order valence-electron chi connectivity index (χ2n) is 4.47. The molecular formula is C14H16N2O. The average molecular weight is 228 g/mol. The summed E-state index contributed by atoms with van der Waals surface area (Å²) in [6, 6.07) is 8.00. The summed E-state index contributed by atoms with van der Waals surface area (Å²) < 4.78 is 1.79. The van der Waals surface area contributed by atoms with Gasteiger partial charge in [0.2, 0.25) is 0 Å². The van der Waals surface area contributed by atoms with E-state index in [1.54, 1.807) is 10.9 Å². The van der Waals surface area contributed by atoms with E-state index in [9.17, 15) is 4.79 Å². The van der Waals surface area contributed by atoms with Gasteiger partial charge >= 0.3 is 0 Å². The third-order valence-electron chi connectivity index (χ3n) is 2.81. The van der Waals surface area contributed by atoms with Crippen molar-refractivity contribution in [2.24, 2.45) is 0 Å². The Morgan fingerprint density at radius 2 is 2.00 bits per heavy atom. The molecule has 0 atom stereocenters. The van der Waals surface area contributed by atoms with Crippen LogP contribution in [0.1, 0.15) is 41.4 Å². The maximum absolute atomic E-state index is 11.0. The number of aromatic nitrogens is 2. The zero-order valence-corrected chi connectivity index (χ0v) is 10.3. The van der Waals surface area contributed by atoms with E-state index in [-0.39, 0.29) is 5.92 Å². The third kappa shape index (κ3) is 2.13. The van der Waals surface area contributed by atoms with Crippen LogP contribution in [0.5, 0.6) is 0 Å². The molecule has 88 valence electrons. The van der Waals surface area contributed by atoms with Gasteiger partial charge in [-0.2, -0.15) is 5.10 Å². The highest BCUT2D eigenvalue weighted by molar-refractivity contribution is 5.76. The number of aryl methyl sites for hydroxylation is 1. The first-order valence-corrected chi connectivity index (χ1v) is 5.74. The van der Waals surface area contributed by atoms with Gasteiger partial charge in [-0.3, -0.25) is 4.79 Å². The third-order valence-corrected chi connectivity index (χ3v) is 2.81. The monoisotopic (exact) mass is 228 g/mol. The number of carbonyl (C=O) groups is 1. The van der Waals surface area contributed by atoms with E-state index in [1.165, 1.54) is 0 Å². The number of aldehydes is 1. The van der Waals surface area contributed by atoms with Gasteiger partial charge in [0.1, 0.15) is 0 Å². The summed E-state index contributed by atoms with van der Waals surface area (Å²) in [7, 11) is 0. The molecule has 1 heterocycles. The molecule has 1 aromatic heterocycles. The SMILES string of the molecule is Cc1ccccc1-n1cc(C=O)c(C(C)C)n1. The fraction of sp³-hybridized carbons (Fsp3) is 0.286. The Hall–Kier alpha value is -1.90. The van der Waals surface area contributed by atoms with E-state index in [4.69, 9.17) is 0 Å². The summed E-state index contributed by atoms with van der Waals surface area (Å²) in [4.78, 5) is 11.0. The van der Waals surface area contributed by atoms with Crippen LogP contribution in [-0.4, -0.2) is 16.1 Å². The second kappa shape index (κ2) is 4.53. The molecule has 0 saturated heterocycles. The smallest absolute Gasteiger partial charge is 0.153 e. The normalized spacial score (nSPS) is 10.8. The summed E-state index contributed by atoms with van der Waals surface area (Å²) in [6.45, 7) is 6.11. The molecule has 3 heteroatoms. The van der Waals surface area contributed by atoms with Crippen LogP contribution in [0.25, 0.3) is 5.69 Å². The van der Waals surface area contributed by atoms with Gasteiger partial charge in [0.25, 0.3) is 0 Å². The maximum atomic E-state index is 11.0. The van der Waals surface area contributed by atoms with Crippen LogP contribution in [0.15, 0.2) is 30.5 Å². The van der Waals surface area contributed by atoms with E-state index in [0.29, 0.717) is 5.56 Å². The molecule has 0 N–H and O–H groups in total. The average Bonchev–Trinajstić information content (AvgIpc) is 2.73. The Balaban J connectivity index is 2.54. The lowest BCUT2D eigenvalue weighted by molar-refractivity contribution is 0.112. The molecule has 0 aliphatic heterocycles. The van der Waals surface area contributed by atoms with E-state index >= 15 is 0 Å². The topological polar surface area (TPSA) is 34.9 Å². The Bertz CT molecular complexity index is 541. The number of hydrogen-bond donors (Lipinski definition) is 0. The van der Waals surface area contributed by atoms with Crippen LogP contribution < -0.4 is 0 Å². The van der Waals surface area contributed by atoms with Crippen molar-refractivity contribution in [3.63, 3.8) is 0 Å². The zero-order chi connectivity index (χ0) is 12.4. The highest BCUT2D eigenvalue weighted by Crippen LogP contribution is 2.20. The van der Waals surface area contributed by atoms with Gasteiger partial charge in [-0.05, 0) is 24.5 Å². The quantitative estimate of drug-likeness (QED) is 0.756. The number of rotatable bonds is 3. The van der Waals surface area contributed by atoms with Crippen molar-refractivity contribution in [3.8, 4) is 5.69 Å². The second-order valence-corrected chi connectivity index (χ2v) is 4.47. The van der Waals surface area contributed by atoms with Crippen LogP contribution >= 0.6 is 0 Å². The minimum absolute atomic E-state index is 0.250. The number of para-hydroxylation sites is 1. The van der Waals surface area contributed by atoms with Crippen LogP contribution in [0.3, 0.4) is 0 Å². The van der Waals surface area contributed by atoms with Gasteiger partial charge in [0.15, 0.2) is 6.29 Å². The highest BCUT2D eigenvalue weighted by atomic mass is 16.1. The molecule has 0 bridgehead atoms. The Kier molecular flexibility index (Phi) is 3.09. The molecule has 0 saturated carbocycles. The predicted octanol–water partition coefficient (Wildman–Crippen LogP) is 3.12. The van der Waals surface area contributed by atoms with Gasteiger partial charge in [-0.1, -0.05) is 32.0 Å². The highest BCUT2D eigenvalue weighted by Gasteiger charge is 2.13. The molecule has 0 spiro atoms. The summed E-state index contributed by atoms with van der Waals surface area (Å²) in [6.07, 6.45) is 2.67. The van der Waals surface area contributed by atoms with Crippen LogP contribution in [0, 0.1) is 6.92 Å². The van der Waals surface area contributed by atoms with Crippen LogP contribution in [0.4, 0.5) is 0 Å². The van der Waals surface area contributed by atoms with E-state index in [0.717, 1.165) is 23.2 Å². The molecule has 0 radical (unpaired) electrons. The number of carbonyl (C=O) groups excluding carboxylic acids is 1. The first-order chi connectivity index (χ1) is 8.13. The lowest BCUT2D eigenvalue weighted by Crippen LogP contribution is -1.99. The van der Waals surface area contributed by atoms with Crippen molar-refractivity contribution < 1.29 is 4.79 Å². The zero-order valence-electron chi connectivity index (χ0n) is 10.3. The summed E-state index contributed by atoms with van der Waals surface area (Å²) in [5, 5.41) is 4.50. The van der Waals surface area contributed by atoms with Gasteiger partial charge in [-0.25, -0.2) is 4.68 Å². The van der Waals surface area contributed by atoms with Crippen LogP contribution in [0.2, 0.25) is 0 Å². The standard InChI is InChI=1S/C14H16N2O/c1-10(2)14-12(9-17)8-16(15-14)13-7-5-4-6-11(13)3/h4-10H,1-3H3. The molecule has 2 aromatic rings. The molecule has 2 rings (SSSR count). The van der Waals surface area contributed by atoms with Gasteiger partial charge in [-0.15, -0.1) is 0 Å². The summed E-state index contributed by atoms with van der Waals surface area (Å²) in [5.41, 5.74) is 3.68. The van der Waals surface area contributed by atoms with Gasteiger partial charge in [0, 0.05) is 6.20 Å². The van der Waals surface area contributed by atoms with Crippen molar-refractivity contribution >= 4 is 6.29 Å². The first kappa shape index (κ1) is 11.6. The molecule has 0 unspecified atom stereocenters. The molecule has 0 amide bonds. The van der Waals surface area contributed by atoms with E-state index < -0.39 is 0 Å². The molecule has 3 nitrogen and oxygen atoms in total. The van der Waals surface area contributed by atoms with Crippen LogP contribution in [-0.2, 0) is 0 Å². The molecule has 0 aliphatic carbocycles.